The number of nitrogens with zero attached hydrogens (tertiary/aromatic N) is 3. The summed E-state index contributed by atoms with van der Waals surface area (Å²) in [7, 11) is 0. The molecule has 1 aliphatic rings. The smallest absolute Gasteiger partial charge is 0.313 e. The van der Waals surface area contributed by atoms with Gasteiger partial charge in [-0.25, -0.2) is 9.97 Å². The Morgan fingerprint density at radius 2 is 2.04 bits per heavy atom. The molecule has 0 unspecified atom stereocenters. The topological polar surface area (TPSA) is 68.5 Å². The number of furan rings is 1. The number of rotatable bonds is 4. The van der Waals surface area contributed by atoms with Gasteiger partial charge in [0.2, 0.25) is 0 Å². The predicted molar refractivity (Wildman–Crippen MR) is 91.1 cm³/mol. The van der Waals surface area contributed by atoms with Gasteiger partial charge in [0.05, 0.1) is 6.61 Å². The first-order chi connectivity index (χ1) is 11.8. The fourth-order valence-corrected chi connectivity index (χ4v) is 3.18. The van der Waals surface area contributed by atoms with Gasteiger partial charge in [0.15, 0.2) is 11.4 Å². The van der Waals surface area contributed by atoms with Crippen LogP contribution in [0, 0.1) is 0 Å². The summed E-state index contributed by atoms with van der Waals surface area (Å²) >= 11 is 0. The Hall–Kier alpha value is -2.63. The van der Waals surface area contributed by atoms with E-state index in [4.69, 9.17) is 9.15 Å². The normalized spacial score (nSPS) is 14.6. The highest BCUT2D eigenvalue weighted by atomic mass is 16.5. The molecule has 0 N–H and O–H groups in total. The van der Waals surface area contributed by atoms with Crippen molar-refractivity contribution in [1.29, 1.82) is 0 Å². The second-order valence-electron chi connectivity index (χ2n) is 5.92. The van der Waals surface area contributed by atoms with Gasteiger partial charge in [0.25, 0.3) is 0 Å². The van der Waals surface area contributed by atoms with Crippen LogP contribution in [0.5, 0.6) is 0 Å². The summed E-state index contributed by atoms with van der Waals surface area (Å²) < 4.78 is 11.1. The van der Waals surface area contributed by atoms with E-state index in [-0.39, 0.29) is 12.4 Å². The summed E-state index contributed by atoms with van der Waals surface area (Å²) in [6.07, 6.45) is 2.35. The van der Waals surface area contributed by atoms with E-state index in [0.717, 1.165) is 48.2 Å². The molecule has 0 radical (unpaired) electrons. The lowest BCUT2D eigenvalue weighted by Crippen LogP contribution is -2.21. The van der Waals surface area contributed by atoms with Gasteiger partial charge >= 0.3 is 5.97 Å². The number of carbonyl (C=O) groups excluding carboxylic acids is 1. The number of aromatic nitrogens is 2. The Bertz CT molecular complexity index is 897. The molecule has 0 aliphatic carbocycles. The van der Waals surface area contributed by atoms with Crippen LogP contribution < -0.4 is 4.90 Å². The van der Waals surface area contributed by atoms with E-state index in [0.29, 0.717) is 18.0 Å². The molecule has 1 aliphatic heterocycles. The third kappa shape index (κ3) is 2.58. The molecule has 124 valence electrons. The zero-order chi connectivity index (χ0) is 16.5. The van der Waals surface area contributed by atoms with Crippen LogP contribution in [-0.4, -0.2) is 35.6 Å². The van der Waals surface area contributed by atoms with E-state index < -0.39 is 0 Å². The maximum absolute atomic E-state index is 11.8. The molecule has 0 saturated carbocycles. The van der Waals surface area contributed by atoms with E-state index in [1.165, 1.54) is 0 Å². The summed E-state index contributed by atoms with van der Waals surface area (Å²) in [5, 5.41) is 0.945. The van der Waals surface area contributed by atoms with Crippen molar-refractivity contribution in [3.8, 4) is 0 Å². The molecule has 4 rings (SSSR count). The number of fused-ring (bicyclic) bond motifs is 3. The Morgan fingerprint density at radius 1 is 1.25 bits per heavy atom. The summed E-state index contributed by atoms with van der Waals surface area (Å²) in [4.78, 5) is 23.3. The van der Waals surface area contributed by atoms with E-state index in [1.54, 1.807) is 6.92 Å². The van der Waals surface area contributed by atoms with Gasteiger partial charge in [-0.15, -0.1) is 0 Å². The number of hydrogen-bond acceptors (Lipinski definition) is 6. The predicted octanol–water partition coefficient (Wildman–Crippen LogP) is 3.08. The second kappa shape index (κ2) is 6.11. The molecular formula is C18H19N3O3. The molecule has 0 spiro atoms. The van der Waals surface area contributed by atoms with Crippen molar-refractivity contribution in [3.05, 3.63) is 30.1 Å². The summed E-state index contributed by atoms with van der Waals surface area (Å²) in [6, 6.07) is 7.80. The Kier molecular flexibility index (Phi) is 3.80. The fourth-order valence-electron chi connectivity index (χ4n) is 3.18. The van der Waals surface area contributed by atoms with Gasteiger partial charge in [0, 0.05) is 18.5 Å². The van der Waals surface area contributed by atoms with Crippen molar-refractivity contribution < 1.29 is 13.9 Å². The Morgan fingerprint density at radius 3 is 2.83 bits per heavy atom. The lowest BCUT2D eigenvalue weighted by Gasteiger charge is -2.16. The SMILES string of the molecule is CCOC(=O)Cc1nc(N2CCCC2)c2oc3ccccc3c2n1. The molecule has 6 heteroatoms. The molecule has 0 atom stereocenters. The standard InChI is InChI=1S/C18H19N3O3/c1-2-23-15(22)11-14-19-16-12-7-3-4-8-13(12)24-17(16)18(20-14)21-9-5-6-10-21/h3-4,7-8H,2,5-6,9-11H2,1H3. The quantitative estimate of drug-likeness (QED) is 0.687. The van der Waals surface area contributed by atoms with Crippen LogP contribution in [0.2, 0.25) is 0 Å². The Labute approximate surface area is 139 Å². The van der Waals surface area contributed by atoms with Gasteiger partial charge in [-0.3, -0.25) is 4.79 Å². The number of hydrogen-bond donors (Lipinski definition) is 0. The first-order valence-corrected chi connectivity index (χ1v) is 8.35. The molecular weight excluding hydrogens is 306 g/mol. The zero-order valence-electron chi connectivity index (χ0n) is 13.6. The van der Waals surface area contributed by atoms with Crippen LogP contribution in [0.25, 0.3) is 22.1 Å². The lowest BCUT2D eigenvalue weighted by atomic mass is 10.2. The van der Waals surface area contributed by atoms with Crippen LogP contribution in [-0.2, 0) is 16.0 Å². The number of para-hydroxylation sites is 1. The minimum absolute atomic E-state index is 0.0735. The van der Waals surface area contributed by atoms with Crippen LogP contribution in [0.1, 0.15) is 25.6 Å². The number of carbonyl (C=O) groups is 1. The molecule has 6 nitrogen and oxygen atoms in total. The van der Waals surface area contributed by atoms with E-state index in [9.17, 15) is 4.79 Å². The lowest BCUT2D eigenvalue weighted by molar-refractivity contribution is -0.142. The zero-order valence-corrected chi connectivity index (χ0v) is 13.6. The second-order valence-corrected chi connectivity index (χ2v) is 5.92. The highest BCUT2D eigenvalue weighted by molar-refractivity contribution is 6.05. The van der Waals surface area contributed by atoms with Gasteiger partial charge in [0.1, 0.15) is 23.3 Å². The average Bonchev–Trinajstić information content (AvgIpc) is 3.22. The first-order valence-electron chi connectivity index (χ1n) is 8.35. The highest BCUT2D eigenvalue weighted by Crippen LogP contribution is 2.34. The summed E-state index contributed by atoms with van der Waals surface area (Å²) in [5.74, 6) is 0.958. The van der Waals surface area contributed by atoms with Crippen molar-refractivity contribution in [2.24, 2.45) is 0 Å². The number of benzene rings is 1. The van der Waals surface area contributed by atoms with Crippen LogP contribution in [0.4, 0.5) is 5.82 Å². The molecule has 2 aromatic heterocycles. The summed E-state index contributed by atoms with van der Waals surface area (Å²) in [6.45, 7) is 4.04. The molecule has 1 saturated heterocycles. The molecule has 0 amide bonds. The third-order valence-corrected chi connectivity index (χ3v) is 4.26. The molecule has 0 bridgehead atoms. The monoisotopic (exact) mass is 325 g/mol. The average molecular weight is 325 g/mol. The molecule has 1 fully saturated rings. The number of esters is 1. The number of anilines is 1. The Balaban J connectivity index is 1.87. The van der Waals surface area contributed by atoms with Crippen molar-refractivity contribution in [1.82, 2.24) is 9.97 Å². The van der Waals surface area contributed by atoms with Gasteiger partial charge in [-0.05, 0) is 31.9 Å². The van der Waals surface area contributed by atoms with Crippen molar-refractivity contribution in [2.45, 2.75) is 26.2 Å². The summed E-state index contributed by atoms with van der Waals surface area (Å²) in [5.41, 5.74) is 2.25. The largest absolute Gasteiger partial charge is 0.466 e. The third-order valence-electron chi connectivity index (χ3n) is 4.26. The van der Waals surface area contributed by atoms with E-state index in [2.05, 4.69) is 14.9 Å². The van der Waals surface area contributed by atoms with E-state index in [1.807, 2.05) is 24.3 Å². The van der Waals surface area contributed by atoms with Gasteiger partial charge < -0.3 is 14.1 Å². The maximum atomic E-state index is 11.8. The van der Waals surface area contributed by atoms with Crippen LogP contribution in [0.3, 0.4) is 0 Å². The minimum Gasteiger partial charge on any atom is -0.466 e. The molecule has 1 aromatic carbocycles. The number of ether oxygens (including phenoxy) is 1. The molecule has 24 heavy (non-hydrogen) atoms. The first kappa shape index (κ1) is 14.9. The van der Waals surface area contributed by atoms with Crippen molar-refractivity contribution in [3.63, 3.8) is 0 Å². The minimum atomic E-state index is -0.308. The van der Waals surface area contributed by atoms with Gasteiger partial charge in [-0.1, -0.05) is 12.1 Å². The van der Waals surface area contributed by atoms with E-state index >= 15 is 0 Å². The van der Waals surface area contributed by atoms with Crippen molar-refractivity contribution in [2.75, 3.05) is 24.6 Å². The maximum Gasteiger partial charge on any atom is 0.313 e. The van der Waals surface area contributed by atoms with Crippen LogP contribution in [0.15, 0.2) is 28.7 Å². The molecule has 3 heterocycles. The van der Waals surface area contributed by atoms with Crippen LogP contribution >= 0.6 is 0 Å². The highest BCUT2D eigenvalue weighted by Gasteiger charge is 2.23. The van der Waals surface area contributed by atoms with Crippen molar-refractivity contribution >= 4 is 33.9 Å². The molecule has 3 aromatic rings. The van der Waals surface area contributed by atoms with Gasteiger partial charge in [-0.2, -0.15) is 0 Å². The fraction of sp³-hybridized carbons (Fsp3) is 0.389.